The lowest BCUT2D eigenvalue weighted by Crippen LogP contribution is -2.31. The predicted octanol–water partition coefficient (Wildman–Crippen LogP) is 3.44. The summed E-state index contributed by atoms with van der Waals surface area (Å²) in [4.78, 5) is 34.4. The second-order valence-electron chi connectivity index (χ2n) is 7.49. The van der Waals surface area contributed by atoms with Gasteiger partial charge in [-0.15, -0.1) is 0 Å². The summed E-state index contributed by atoms with van der Waals surface area (Å²) in [6.45, 7) is 5.17. The number of non-ortho nitro benzene ring substituents is 1. The van der Waals surface area contributed by atoms with Crippen molar-refractivity contribution in [1.29, 1.82) is 0 Å². The molecule has 160 valence electrons. The van der Waals surface area contributed by atoms with E-state index in [4.69, 9.17) is 15.2 Å². The molecule has 0 aliphatic heterocycles. The van der Waals surface area contributed by atoms with Crippen LogP contribution < -0.4 is 10.5 Å². The molecule has 9 heteroatoms. The number of methoxy groups -OCH3 is 1. The summed E-state index contributed by atoms with van der Waals surface area (Å²) >= 11 is 0. The van der Waals surface area contributed by atoms with Gasteiger partial charge < -0.3 is 19.9 Å². The Hall–Kier alpha value is -3.46. The molecular formula is C21H24N2O7. The Morgan fingerprint density at radius 3 is 2.30 bits per heavy atom. The molecule has 0 amide bonds. The van der Waals surface area contributed by atoms with Crippen LogP contribution in [0.2, 0.25) is 0 Å². The van der Waals surface area contributed by atoms with Gasteiger partial charge >= 0.3 is 11.9 Å². The first kappa shape index (κ1) is 22.8. The molecule has 0 radical (unpaired) electrons. The smallest absolute Gasteiger partial charge is 0.328 e. The Balaban J connectivity index is 2.38. The molecule has 2 aromatic carbocycles. The molecule has 2 N–H and O–H groups in total. The van der Waals surface area contributed by atoms with E-state index in [1.54, 1.807) is 39.0 Å². The SMILES string of the molecule is COC(=O)Cc1ccc(Oc2ccc([N+](=O)[O-])cc2)c(C(N)C(=O)OC(C)(C)C)c1. The molecule has 1 atom stereocenters. The number of hydrogen-bond acceptors (Lipinski definition) is 8. The second kappa shape index (κ2) is 9.36. The summed E-state index contributed by atoms with van der Waals surface area (Å²) in [5.74, 6) is -0.531. The third-order valence-electron chi connectivity index (χ3n) is 3.92. The summed E-state index contributed by atoms with van der Waals surface area (Å²) in [7, 11) is 1.28. The van der Waals surface area contributed by atoms with E-state index < -0.39 is 28.5 Å². The minimum atomic E-state index is -1.17. The highest BCUT2D eigenvalue weighted by Gasteiger charge is 2.26. The van der Waals surface area contributed by atoms with Crippen LogP contribution >= 0.6 is 0 Å². The molecule has 0 saturated carbocycles. The van der Waals surface area contributed by atoms with Crippen molar-refractivity contribution < 1.29 is 28.7 Å². The van der Waals surface area contributed by atoms with Crippen LogP contribution in [-0.2, 0) is 25.5 Å². The highest BCUT2D eigenvalue weighted by atomic mass is 16.6. The lowest BCUT2D eigenvalue weighted by atomic mass is 10.0. The third-order valence-corrected chi connectivity index (χ3v) is 3.92. The standard InChI is InChI=1S/C21H24N2O7/c1-21(2,3)30-20(25)19(22)16-11-13(12-18(24)28-4)5-10-17(16)29-15-8-6-14(7-9-15)23(26)27/h5-11,19H,12,22H2,1-4H3. The van der Waals surface area contributed by atoms with Crippen molar-refractivity contribution >= 4 is 17.6 Å². The van der Waals surface area contributed by atoms with Crippen molar-refractivity contribution in [1.82, 2.24) is 0 Å². The van der Waals surface area contributed by atoms with Gasteiger partial charge in [-0.1, -0.05) is 6.07 Å². The van der Waals surface area contributed by atoms with E-state index in [2.05, 4.69) is 4.74 Å². The van der Waals surface area contributed by atoms with E-state index >= 15 is 0 Å². The van der Waals surface area contributed by atoms with Crippen LogP contribution in [0.4, 0.5) is 5.69 Å². The molecule has 0 heterocycles. The molecule has 1 unspecified atom stereocenters. The minimum Gasteiger partial charge on any atom is -0.469 e. The Morgan fingerprint density at radius 2 is 1.77 bits per heavy atom. The number of nitro groups is 1. The molecule has 0 spiro atoms. The average molecular weight is 416 g/mol. The summed E-state index contributed by atoms with van der Waals surface area (Å²) in [6, 6.07) is 9.08. The van der Waals surface area contributed by atoms with Crippen molar-refractivity contribution in [2.45, 2.75) is 38.8 Å². The molecule has 0 aromatic heterocycles. The van der Waals surface area contributed by atoms with Gasteiger partial charge in [0.2, 0.25) is 0 Å². The third kappa shape index (κ3) is 6.28. The van der Waals surface area contributed by atoms with Gasteiger partial charge in [0.05, 0.1) is 18.5 Å². The molecule has 0 saturated heterocycles. The van der Waals surface area contributed by atoms with Gasteiger partial charge in [0.1, 0.15) is 23.1 Å². The first-order chi connectivity index (χ1) is 14.0. The van der Waals surface area contributed by atoms with Gasteiger partial charge in [0, 0.05) is 17.7 Å². The van der Waals surface area contributed by atoms with Gasteiger partial charge in [0.25, 0.3) is 5.69 Å². The molecule has 2 aromatic rings. The summed E-state index contributed by atoms with van der Waals surface area (Å²) < 4.78 is 15.8. The minimum absolute atomic E-state index is 0.0116. The van der Waals surface area contributed by atoms with Gasteiger partial charge in [-0.3, -0.25) is 14.9 Å². The highest BCUT2D eigenvalue weighted by molar-refractivity contribution is 5.79. The Kier molecular flexibility index (Phi) is 7.12. The van der Waals surface area contributed by atoms with Crippen LogP contribution in [0.15, 0.2) is 42.5 Å². The number of nitrogens with two attached hydrogens (primary N) is 1. The van der Waals surface area contributed by atoms with E-state index in [0.717, 1.165) is 0 Å². The summed E-state index contributed by atoms with van der Waals surface area (Å²) in [5.41, 5.74) is 6.20. The van der Waals surface area contributed by atoms with Crippen molar-refractivity contribution in [3.8, 4) is 11.5 Å². The zero-order valence-corrected chi connectivity index (χ0v) is 17.2. The monoisotopic (exact) mass is 416 g/mol. The zero-order chi connectivity index (χ0) is 22.5. The number of rotatable bonds is 7. The predicted molar refractivity (Wildman–Crippen MR) is 108 cm³/mol. The van der Waals surface area contributed by atoms with Crippen LogP contribution in [0.3, 0.4) is 0 Å². The number of nitrogens with zero attached hydrogens (tertiary/aromatic N) is 1. The number of benzene rings is 2. The van der Waals surface area contributed by atoms with Crippen LogP contribution in [0.1, 0.15) is 37.9 Å². The maximum atomic E-state index is 12.5. The molecule has 2 rings (SSSR count). The molecule has 0 aliphatic carbocycles. The maximum Gasteiger partial charge on any atom is 0.328 e. The lowest BCUT2D eigenvalue weighted by molar-refractivity contribution is -0.384. The highest BCUT2D eigenvalue weighted by Crippen LogP contribution is 2.32. The molecule has 0 fully saturated rings. The van der Waals surface area contributed by atoms with Crippen molar-refractivity contribution in [3.05, 3.63) is 63.7 Å². The van der Waals surface area contributed by atoms with E-state index in [1.165, 1.54) is 31.4 Å². The largest absolute Gasteiger partial charge is 0.469 e. The van der Waals surface area contributed by atoms with Crippen molar-refractivity contribution in [3.63, 3.8) is 0 Å². The molecule has 0 bridgehead atoms. The Morgan fingerprint density at radius 1 is 1.13 bits per heavy atom. The number of esters is 2. The number of carbonyl (C=O) groups is 2. The van der Waals surface area contributed by atoms with Gasteiger partial charge in [-0.25, -0.2) is 4.79 Å². The number of nitro benzene ring substituents is 1. The fraction of sp³-hybridized carbons (Fsp3) is 0.333. The topological polar surface area (TPSA) is 131 Å². The molecular weight excluding hydrogens is 392 g/mol. The molecule has 9 nitrogen and oxygen atoms in total. The van der Waals surface area contributed by atoms with Gasteiger partial charge in [0.15, 0.2) is 0 Å². The second-order valence-corrected chi connectivity index (χ2v) is 7.49. The van der Waals surface area contributed by atoms with Crippen molar-refractivity contribution in [2.75, 3.05) is 7.11 Å². The van der Waals surface area contributed by atoms with Crippen LogP contribution in [-0.4, -0.2) is 29.6 Å². The maximum absolute atomic E-state index is 12.5. The lowest BCUT2D eigenvalue weighted by Gasteiger charge is -2.23. The van der Waals surface area contributed by atoms with E-state index in [0.29, 0.717) is 16.9 Å². The fourth-order valence-electron chi connectivity index (χ4n) is 2.54. The average Bonchev–Trinajstić information content (AvgIpc) is 2.67. The first-order valence-corrected chi connectivity index (χ1v) is 9.10. The Bertz CT molecular complexity index is 933. The fourth-order valence-corrected chi connectivity index (χ4v) is 2.54. The zero-order valence-electron chi connectivity index (χ0n) is 17.2. The van der Waals surface area contributed by atoms with Crippen LogP contribution in [0.5, 0.6) is 11.5 Å². The normalized spacial score (nSPS) is 12.0. The van der Waals surface area contributed by atoms with E-state index in [-0.39, 0.29) is 17.9 Å². The number of carbonyl (C=O) groups excluding carboxylic acids is 2. The van der Waals surface area contributed by atoms with E-state index in [1.807, 2.05) is 0 Å². The molecule has 30 heavy (non-hydrogen) atoms. The number of ether oxygens (including phenoxy) is 3. The van der Waals surface area contributed by atoms with Crippen LogP contribution in [0, 0.1) is 10.1 Å². The molecule has 0 aliphatic rings. The summed E-state index contributed by atoms with van der Waals surface area (Å²) in [5, 5.41) is 10.8. The van der Waals surface area contributed by atoms with Gasteiger partial charge in [-0.2, -0.15) is 0 Å². The quantitative estimate of drug-likeness (QED) is 0.412. The van der Waals surface area contributed by atoms with Crippen LogP contribution in [0.25, 0.3) is 0 Å². The summed E-state index contributed by atoms with van der Waals surface area (Å²) in [6.07, 6.45) is -0.0116. The first-order valence-electron chi connectivity index (χ1n) is 9.10. The number of hydrogen-bond donors (Lipinski definition) is 1. The van der Waals surface area contributed by atoms with E-state index in [9.17, 15) is 19.7 Å². The van der Waals surface area contributed by atoms with Crippen molar-refractivity contribution in [2.24, 2.45) is 5.73 Å². The Labute approximate surface area is 173 Å². The van der Waals surface area contributed by atoms with Gasteiger partial charge in [-0.05, 0) is 50.6 Å².